The Balaban J connectivity index is 1.87. The summed E-state index contributed by atoms with van der Waals surface area (Å²) in [5.41, 5.74) is 5.92. The topological polar surface area (TPSA) is 24.4 Å². The summed E-state index contributed by atoms with van der Waals surface area (Å²) < 4.78 is 0. The molecule has 21 heavy (non-hydrogen) atoms. The number of allylic oxidation sites excluding steroid dienone is 1. The van der Waals surface area contributed by atoms with Crippen molar-refractivity contribution in [1.29, 1.82) is 0 Å². The Kier molecular flexibility index (Phi) is 2.86. The Hall–Kier alpha value is -2.06. The zero-order chi connectivity index (χ0) is 14.4. The number of rotatable bonds is 1. The van der Waals surface area contributed by atoms with E-state index < -0.39 is 0 Å². The van der Waals surface area contributed by atoms with Crippen LogP contribution in [0.3, 0.4) is 0 Å². The van der Waals surface area contributed by atoms with Gasteiger partial charge in [-0.05, 0) is 48.2 Å². The number of hydrogen-bond donors (Lipinski definition) is 1. The second-order valence-electron chi connectivity index (χ2n) is 5.59. The Bertz CT molecular complexity index is 772. The van der Waals surface area contributed by atoms with E-state index in [1.165, 1.54) is 16.8 Å². The van der Waals surface area contributed by atoms with Crippen molar-refractivity contribution in [1.82, 2.24) is 5.32 Å². The van der Waals surface area contributed by atoms with Crippen LogP contribution in [0.4, 0.5) is 5.69 Å². The van der Waals surface area contributed by atoms with Crippen LogP contribution < -0.4 is 5.32 Å². The molecule has 0 saturated heterocycles. The van der Waals surface area contributed by atoms with Crippen LogP contribution in [0.2, 0.25) is 5.02 Å². The molecule has 1 N–H and O–H groups in total. The van der Waals surface area contributed by atoms with Gasteiger partial charge in [0, 0.05) is 21.8 Å². The summed E-state index contributed by atoms with van der Waals surface area (Å²) in [6.07, 6.45) is 3.34. The summed E-state index contributed by atoms with van der Waals surface area (Å²) in [5, 5.41) is 4.22. The molecular formula is C18H15ClN2. The maximum Gasteiger partial charge on any atom is 0.138 e. The number of amidine groups is 1. The Morgan fingerprint density at radius 3 is 2.76 bits per heavy atom. The van der Waals surface area contributed by atoms with Crippen LogP contribution in [0.1, 0.15) is 36.0 Å². The lowest BCUT2D eigenvalue weighted by Gasteiger charge is -2.29. The molecule has 0 bridgehead atoms. The first kappa shape index (κ1) is 12.7. The average molecular weight is 295 g/mol. The van der Waals surface area contributed by atoms with Crippen LogP contribution >= 0.6 is 11.6 Å². The van der Waals surface area contributed by atoms with Gasteiger partial charge < -0.3 is 5.32 Å². The van der Waals surface area contributed by atoms with Gasteiger partial charge in [0.2, 0.25) is 0 Å². The molecule has 0 saturated carbocycles. The minimum absolute atomic E-state index is 0.554. The van der Waals surface area contributed by atoms with E-state index in [0.29, 0.717) is 5.92 Å². The Morgan fingerprint density at radius 2 is 1.95 bits per heavy atom. The summed E-state index contributed by atoms with van der Waals surface area (Å²) in [6.45, 7) is 2.27. The van der Waals surface area contributed by atoms with Crippen molar-refractivity contribution in [3.63, 3.8) is 0 Å². The van der Waals surface area contributed by atoms with Crippen molar-refractivity contribution in [3.8, 4) is 0 Å². The summed E-state index contributed by atoms with van der Waals surface area (Å²) in [5.74, 6) is 1.44. The van der Waals surface area contributed by atoms with Gasteiger partial charge in [-0.15, -0.1) is 0 Å². The van der Waals surface area contributed by atoms with Crippen molar-refractivity contribution >= 4 is 28.8 Å². The van der Waals surface area contributed by atoms with E-state index in [2.05, 4.69) is 36.5 Å². The monoisotopic (exact) mass is 294 g/mol. The number of nitrogens with zero attached hydrogens (tertiary/aromatic N) is 1. The predicted molar refractivity (Wildman–Crippen MR) is 88.2 cm³/mol. The normalized spacial score (nSPS) is 19.2. The molecular weight excluding hydrogens is 280 g/mol. The van der Waals surface area contributed by atoms with E-state index in [4.69, 9.17) is 16.6 Å². The molecule has 0 radical (unpaired) electrons. The highest BCUT2D eigenvalue weighted by Crippen LogP contribution is 2.40. The van der Waals surface area contributed by atoms with Gasteiger partial charge in [-0.1, -0.05) is 36.7 Å². The fourth-order valence-electron chi connectivity index (χ4n) is 3.01. The third-order valence-corrected chi connectivity index (χ3v) is 4.41. The van der Waals surface area contributed by atoms with Crippen molar-refractivity contribution in [3.05, 3.63) is 70.3 Å². The van der Waals surface area contributed by atoms with Gasteiger partial charge in [-0.2, -0.15) is 0 Å². The number of halogens is 1. The molecule has 4 rings (SSSR count). The number of aliphatic imine (C=N–C) groups is 1. The van der Waals surface area contributed by atoms with Gasteiger partial charge in [-0.25, -0.2) is 4.99 Å². The molecule has 3 heteroatoms. The molecule has 1 unspecified atom stereocenters. The molecule has 0 spiro atoms. The molecule has 0 fully saturated rings. The van der Waals surface area contributed by atoms with Crippen molar-refractivity contribution in [2.45, 2.75) is 19.3 Å². The number of nitrogens with one attached hydrogen (secondary N) is 1. The van der Waals surface area contributed by atoms with E-state index in [1.807, 2.05) is 24.3 Å². The van der Waals surface area contributed by atoms with Crippen LogP contribution in [-0.4, -0.2) is 5.84 Å². The molecule has 104 valence electrons. The highest BCUT2D eigenvalue weighted by molar-refractivity contribution is 6.30. The summed E-state index contributed by atoms with van der Waals surface area (Å²) in [6, 6.07) is 14.2. The SMILES string of the molecule is CC1CC=C2NC(c3ccc(Cl)cc3)=Nc3cccc1c32. The largest absolute Gasteiger partial charge is 0.339 e. The zero-order valence-electron chi connectivity index (χ0n) is 11.7. The Morgan fingerprint density at radius 1 is 1.14 bits per heavy atom. The number of hydrogen-bond acceptors (Lipinski definition) is 2. The van der Waals surface area contributed by atoms with Crippen LogP contribution in [0.5, 0.6) is 0 Å². The first-order chi connectivity index (χ1) is 10.2. The van der Waals surface area contributed by atoms with E-state index in [1.54, 1.807) is 0 Å². The minimum Gasteiger partial charge on any atom is -0.339 e. The molecule has 2 aromatic carbocycles. The van der Waals surface area contributed by atoms with Crippen LogP contribution in [0, 0.1) is 0 Å². The second-order valence-corrected chi connectivity index (χ2v) is 6.02. The lowest BCUT2D eigenvalue weighted by Crippen LogP contribution is -2.28. The first-order valence-corrected chi connectivity index (χ1v) is 7.55. The molecule has 2 aliphatic rings. The predicted octanol–water partition coefficient (Wildman–Crippen LogP) is 4.87. The average Bonchev–Trinajstić information content (AvgIpc) is 2.51. The molecule has 1 aliphatic heterocycles. The quantitative estimate of drug-likeness (QED) is 0.797. The molecule has 2 aromatic rings. The Labute approximate surface area is 129 Å². The minimum atomic E-state index is 0.554. The molecule has 0 aromatic heterocycles. The van der Waals surface area contributed by atoms with E-state index >= 15 is 0 Å². The summed E-state index contributed by atoms with van der Waals surface area (Å²) >= 11 is 5.96. The molecule has 2 nitrogen and oxygen atoms in total. The zero-order valence-corrected chi connectivity index (χ0v) is 12.5. The molecule has 0 amide bonds. The first-order valence-electron chi connectivity index (χ1n) is 7.17. The molecule has 1 heterocycles. The third kappa shape index (κ3) is 2.07. The highest BCUT2D eigenvalue weighted by atomic mass is 35.5. The van der Waals surface area contributed by atoms with E-state index in [-0.39, 0.29) is 0 Å². The van der Waals surface area contributed by atoms with Crippen LogP contribution in [-0.2, 0) is 0 Å². The van der Waals surface area contributed by atoms with Gasteiger partial charge >= 0.3 is 0 Å². The van der Waals surface area contributed by atoms with Gasteiger partial charge in [0.05, 0.1) is 5.69 Å². The maximum atomic E-state index is 5.96. The lowest BCUT2D eigenvalue weighted by atomic mass is 9.85. The summed E-state index contributed by atoms with van der Waals surface area (Å²) in [4.78, 5) is 4.79. The summed E-state index contributed by atoms with van der Waals surface area (Å²) in [7, 11) is 0. The van der Waals surface area contributed by atoms with Gasteiger partial charge in [0.25, 0.3) is 0 Å². The fraction of sp³-hybridized carbons (Fsp3) is 0.167. The van der Waals surface area contributed by atoms with E-state index in [0.717, 1.165) is 28.5 Å². The van der Waals surface area contributed by atoms with Crippen molar-refractivity contribution in [2.75, 3.05) is 0 Å². The third-order valence-electron chi connectivity index (χ3n) is 4.15. The second kappa shape index (κ2) is 4.74. The van der Waals surface area contributed by atoms with Crippen LogP contribution in [0.25, 0.3) is 5.70 Å². The highest BCUT2D eigenvalue weighted by Gasteiger charge is 2.25. The smallest absolute Gasteiger partial charge is 0.138 e. The van der Waals surface area contributed by atoms with Crippen LogP contribution in [0.15, 0.2) is 53.5 Å². The standard InChI is InChI=1S/C18H15ClN2/c1-11-5-10-16-17-14(11)3-2-4-15(17)20-18(21-16)12-6-8-13(19)9-7-12/h2-4,6-11H,5H2,1H3,(H,20,21). The van der Waals surface area contributed by atoms with Crippen molar-refractivity contribution < 1.29 is 0 Å². The van der Waals surface area contributed by atoms with Gasteiger partial charge in [-0.3, -0.25) is 0 Å². The lowest BCUT2D eigenvalue weighted by molar-refractivity contribution is 0.762. The maximum absolute atomic E-state index is 5.96. The fourth-order valence-corrected chi connectivity index (χ4v) is 3.14. The molecule has 1 atom stereocenters. The molecule has 1 aliphatic carbocycles. The van der Waals surface area contributed by atoms with Gasteiger partial charge in [0.15, 0.2) is 0 Å². The van der Waals surface area contributed by atoms with Crippen molar-refractivity contribution in [2.24, 2.45) is 4.99 Å². The number of benzene rings is 2. The van der Waals surface area contributed by atoms with Gasteiger partial charge in [0.1, 0.15) is 5.84 Å². The van der Waals surface area contributed by atoms with E-state index in [9.17, 15) is 0 Å².